The number of phenols is 1. The minimum Gasteiger partial charge on any atom is -0.504 e. The second kappa shape index (κ2) is 10.6. The van der Waals surface area contributed by atoms with Crippen molar-refractivity contribution in [1.29, 1.82) is 0 Å². The molecule has 0 aliphatic carbocycles. The first-order chi connectivity index (χ1) is 14.7. The Morgan fingerprint density at radius 3 is 2.47 bits per heavy atom. The lowest BCUT2D eigenvalue weighted by Crippen LogP contribution is -2.52. The molecule has 162 valence electrons. The summed E-state index contributed by atoms with van der Waals surface area (Å²) in [5.74, 6) is 2.51. The third-order valence-electron chi connectivity index (χ3n) is 5.25. The Balaban J connectivity index is 1.60. The van der Waals surface area contributed by atoms with Crippen molar-refractivity contribution in [3.8, 4) is 17.2 Å². The zero-order valence-corrected chi connectivity index (χ0v) is 18.1. The van der Waals surface area contributed by atoms with Crippen LogP contribution in [-0.4, -0.2) is 69.5 Å². The van der Waals surface area contributed by atoms with Gasteiger partial charge in [0.2, 0.25) is 0 Å². The highest BCUT2D eigenvalue weighted by molar-refractivity contribution is 5.80. The largest absolute Gasteiger partial charge is 0.504 e. The predicted octanol–water partition coefficient (Wildman–Crippen LogP) is 2.74. The molecule has 0 spiro atoms. The first kappa shape index (κ1) is 21.6. The molecular formula is C23H32N4O3. The van der Waals surface area contributed by atoms with E-state index >= 15 is 0 Å². The zero-order valence-electron chi connectivity index (χ0n) is 18.1. The molecule has 0 bridgehead atoms. The highest BCUT2D eigenvalue weighted by Crippen LogP contribution is 2.28. The summed E-state index contributed by atoms with van der Waals surface area (Å²) >= 11 is 0. The van der Waals surface area contributed by atoms with Crippen LogP contribution in [0.15, 0.2) is 47.5 Å². The molecule has 2 aromatic carbocycles. The zero-order chi connectivity index (χ0) is 21.3. The number of aliphatic imine (C=N–C) groups is 1. The van der Waals surface area contributed by atoms with E-state index in [-0.39, 0.29) is 5.75 Å². The van der Waals surface area contributed by atoms with Crippen LogP contribution >= 0.6 is 0 Å². The van der Waals surface area contributed by atoms with Crippen LogP contribution in [0.5, 0.6) is 17.2 Å². The second-order valence-electron chi connectivity index (χ2n) is 7.14. The quantitative estimate of drug-likeness (QED) is 0.538. The third-order valence-corrected chi connectivity index (χ3v) is 5.25. The van der Waals surface area contributed by atoms with Gasteiger partial charge >= 0.3 is 0 Å². The average Bonchev–Trinajstić information content (AvgIpc) is 2.79. The topological polar surface area (TPSA) is 69.6 Å². The molecule has 2 N–H and O–H groups in total. The van der Waals surface area contributed by atoms with Crippen LogP contribution in [0.1, 0.15) is 12.5 Å². The van der Waals surface area contributed by atoms with E-state index in [1.54, 1.807) is 20.3 Å². The molecule has 1 heterocycles. The van der Waals surface area contributed by atoms with Crippen LogP contribution < -0.4 is 19.7 Å². The summed E-state index contributed by atoms with van der Waals surface area (Å²) in [6.45, 7) is 7.22. The fraction of sp³-hybridized carbons (Fsp3) is 0.435. The summed E-state index contributed by atoms with van der Waals surface area (Å²) in [6, 6.07) is 13.6. The van der Waals surface area contributed by atoms with Gasteiger partial charge in [0, 0.05) is 39.3 Å². The summed E-state index contributed by atoms with van der Waals surface area (Å²) in [5, 5.41) is 13.2. The number of para-hydroxylation sites is 2. The van der Waals surface area contributed by atoms with Gasteiger partial charge in [0.15, 0.2) is 17.5 Å². The lowest BCUT2D eigenvalue weighted by atomic mass is 10.1. The number of hydrogen-bond acceptors (Lipinski definition) is 5. The summed E-state index contributed by atoms with van der Waals surface area (Å²) < 4.78 is 10.7. The molecule has 30 heavy (non-hydrogen) atoms. The second-order valence-corrected chi connectivity index (χ2v) is 7.14. The van der Waals surface area contributed by atoms with Crippen molar-refractivity contribution >= 4 is 11.6 Å². The van der Waals surface area contributed by atoms with Gasteiger partial charge in [-0.3, -0.25) is 4.99 Å². The van der Waals surface area contributed by atoms with Gasteiger partial charge in [0.25, 0.3) is 0 Å². The first-order valence-corrected chi connectivity index (χ1v) is 10.4. The first-order valence-electron chi connectivity index (χ1n) is 10.4. The molecule has 2 aromatic rings. The van der Waals surface area contributed by atoms with Gasteiger partial charge < -0.3 is 29.7 Å². The van der Waals surface area contributed by atoms with E-state index in [4.69, 9.17) is 14.5 Å². The van der Waals surface area contributed by atoms with Gasteiger partial charge in [-0.2, -0.15) is 0 Å². The van der Waals surface area contributed by atoms with Crippen molar-refractivity contribution in [2.24, 2.45) is 4.99 Å². The average molecular weight is 413 g/mol. The summed E-state index contributed by atoms with van der Waals surface area (Å²) in [6.07, 6.45) is 0.784. The minimum atomic E-state index is 0.158. The predicted molar refractivity (Wildman–Crippen MR) is 121 cm³/mol. The fourth-order valence-corrected chi connectivity index (χ4v) is 3.64. The van der Waals surface area contributed by atoms with Gasteiger partial charge in [-0.1, -0.05) is 18.2 Å². The van der Waals surface area contributed by atoms with E-state index in [0.29, 0.717) is 12.3 Å². The van der Waals surface area contributed by atoms with Crippen LogP contribution in [-0.2, 0) is 6.42 Å². The van der Waals surface area contributed by atoms with Crippen molar-refractivity contribution in [1.82, 2.24) is 10.2 Å². The molecule has 1 aliphatic rings. The van der Waals surface area contributed by atoms with E-state index in [1.165, 1.54) is 0 Å². The van der Waals surface area contributed by atoms with Crippen molar-refractivity contribution in [3.05, 3.63) is 48.0 Å². The van der Waals surface area contributed by atoms with Crippen LogP contribution in [0.2, 0.25) is 0 Å². The van der Waals surface area contributed by atoms with E-state index in [9.17, 15) is 5.11 Å². The van der Waals surface area contributed by atoms with Crippen molar-refractivity contribution in [2.75, 3.05) is 58.4 Å². The van der Waals surface area contributed by atoms with Gasteiger partial charge in [-0.15, -0.1) is 0 Å². The molecule has 0 aromatic heterocycles. The molecule has 7 heteroatoms. The van der Waals surface area contributed by atoms with E-state index < -0.39 is 0 Å². The monoisotopic (exact) mass is 412 g/mol. The molecule has 0 saturated carbocycles. The number of rotatable bonds is 7. The Morgan fingerprint density at radius 1 is 1.03 bits per heavy atom. The van der Waals surface area contributed by atoms with Crippen LogP contribution in [0.25, 0.3) is 0 Å². The number of aromatic hydroxyl groups is 1. The van der Waals surface area contributed by atoms with E-state index in [1.807, 2.05) is 30.3 Å². The van der Waals surface area contributed by atoms with Gasteiger partial charge in [-0.25, -0.2) is 0 Å². The molecule has 1 saturated heterocycles. The number of guanidine groups is 1. The molecule has 1 fully saturated rings. The number of methoxy groups -OCH3 is 2. The maximum Gasteiger partial charge on any atom is 0.194 e. The molecule has 7 nitrogen and oxygen atoms in total. The van der Waals surface area contributed by atoms with Crippen LogP contribution in [0.4, 0.5) is 5.69 Å². The molecule has 0 unspecified atom stereocenters. The number of nitrogens with zero attached hydrogens (tertiary/aromatic N) is 3. The highest BCUT2D eigenvalue weighted by Gasteiger charge is 2.21. The summed E-state index contributed by atoms with van der Waals surface area (Å²) in [5.41, 5.74) is 2.23. The fourth-order valence-electron chi connectivity index (χ4n) is 3.64. The number of piperazine rings is 1. The smallest absolute Gasteiger partial charge is 0.194 e. The van der Waals surface area contributed by atoms with Crippen molar-refractivity contribution in [2.45, 2.75) is 13.3 Å². The molecule has 1 aliphatic heterocycles. The highest BCUT2D eigenvalue weighted by atomic mass is 16.5. The standard InChI is InChI=1S/C23H32N4O3/c1-4-24-23(25-12-11-18-9-10-20(28)22(17-18)30-3)27-15-13-26(14-16-27)19-7-5-6-8-21(19)29-2/h5-10,17,28H,4,11-16H2,1-3H3,(H,24,25). The normalized spacial score (nSPS) is 14.6. The Bertz CT molecular complexity index is 848. The molecule has 0 amide bonds. The molecular weight excluding hydrogens is 380 g/mol. The lowest BCUT2D eigenvalue weighted by Gasteiger charge is -2.38. The van der Waals surface area contributed by atoms with Crippen LogP contribution in [0.3, 0.4) is 0 Å². The Labute approximate surface area is 178 Å². The van der Waals surface area contributed by atoms with E-state index in [2.05, 4.69) is 28.1 Å². The number of benzene rings is 2. The Morgan fingerprint density at radius 2 is 1.77 bits per heavy atom. The molecule has 3 rings (SSSR count). The summed E-state index contributed by atoms with van der Waals surface area (Å²) in [4.78, 5) is 9.50. The molecule has 0 atom stereocenters. The number of phenolic OH excluding ortho intramolecular Hbond substituents is 1. The number of hydrogen-bond donors (Lipinski definition) is 2. The molecule has 0 radical (unpaired) electrons. The van der Waals surface area contributed by atoms with Gasteiger partial charge in [0.05, 0.1) is 19.9 Å². The lowest BCUT2D eigenvalue weighted by molar-refractivity contribution is 0.367. The number of nitrogens with one attached hydrogen (secondary N) is 1. The summed E-state index contributed by atoms with van der Waals surface area (Å²) in [7, 11) is 3.28. The Kier molecular flexibility index (Phi) is 7.65. The maximum atomic E-state index is 9.74. The number of anilines is 1. The van der Waals surface area contributed by atoms with Gasteiger partial charge in [-0.05, 0) is 43.2 Å². The maximum absolute atomic E-state index is 9.74. The number of ether oxygens (including phenoxy) is 2. The van der Waals surface area contributed by atoms with Crippen molar-refractivity contribution < 1.29 is 14.6 Å². The van der Waals surface area contributed by atoms with Crippen molar-refractivity contribution in [3.63, 3.8) is 0 Å². The van der Waals surface area contributed by atoms with E-state index in [0.717, 1.165) is 62.1 Å². The minimum absolute atomic E-state index is 0.158. The SMILES string of the molecule is CCNC(=NCCc1ccc(O)c(OC)c1)N1CCN(c2ccccc2OC)CC1. The van der Waals surface area contributed by atoms with Gasteiger partial charge in [0.1, 0.15) is 5.75 Å². The Hall–Kier alpha value is -3.09. The van der Waals surface area contributed by atoms with Crippen LogP contribution in [0, 0.1) is 0 Å². The third kappa shape index (κ3) is 5.28.